The first-order valence-corrected chi connectivity index (χ1v) is 29.9. The summed E-state index contributed by atoms with van der Waals surface area (Å²) in [6, 6.07) is 17.6. The van der Waals surface area contributed by atoms with Gasteiger partial charge in [0, 0.05) is 106 Å². The molecule has 5 fully saturated rings. The Labute approximate surface area is 439 Å². The van der Waals surface area contributed by atoms with Crippen LogP contribution in [0.25, 0.3) is 0 Å². The van der Waals surface area contributed by atoms with E-state index in [1.165, 1.54) is 56.0 Å². The Morgan fingerprint density at radius 3 is 2.08 bits per heavy atom. The summed E-state index contributed by atoms with van der Waals surface area (Å²) >= 11 is 1.42. The number of carbonyl (C=O) groups excluding carboxylic acids is 3. The third-order valence-corrected chi connectivity index (χ3v) is 19.9. The van der Waals surface area contributed by atoms with E-state index in [2.05, 4.69) is 40.8 Å². The fourth-order valence-electron chi connectivity index (χ4n) is 11.9. The maximum Gasteiger partial charge on any atom is 0.501 e. The molecule has 1 atom stereocenters. The van der Waals surface area contributed by atoms with Crippen LogP contribution in [-0.4, -0.2) is 132 Å². The fourth-order valence-corrected chi connectivity index (χ4v) is 14.9. The molecule has 2 heterocycles. The molecule has 14 nitrogen and oxygen atoms in total. The molecule has 20 heteroatoms. The number of benzene rings is 3. The highest BCUT2D eigenvalue weighted by molar-refractivity contribution is 7.99. The predicted molar refractivity (Wildman–Crippen MR) is 283 cm³/mol. The number of halogens is 3. The van der Waals surface area contributed by atoms with Crippen molar-refractivity contribution in [2.45, 2.75) is 124 Å². The number of anilines is 2. The van der Waals surface area contributed by atoms with Crippen LogP contribution in [0.15, 0.2) is 98.6 Å². The molecule has 4 aliphatic carbocycles. The lowest BCUT2D eigenvalue weighted by molar-refractivity contribution is -0.167. The summed E-state index contributed by atoms with van der Waals surface area (Å²) in [5.41, 5.74) is 4.56. The number of unbranched alkanes of at least 4 members (excludes halogenated alkanes) is 2. The number of piperazine rings is 2. The number of hydrogen-bond donors (Lipinski definition) is 3. The largest absolute Gasteiger partial charge is 0.501 e. The monoisotopic (exact) mass is 1080 g/mol. The highest BCUT2D eigenvalue weighted by Crippen LogP contribution is 2.77. The van der Waals surface area contributed by atoms with Gasteiger partial charge in [-0.15, -0.1) is 11.8 Å². The van der Waals surface area contributed by atoms with Crippen molar-refractivity contribution in [3.63, 3.8) is 0 Å². The van der Waals surface area contributed by atoms with Crippen LogP contribution in [0.3, 0.4) is 0 Å². The zero-order valence-corrected chi connectivity index (χ0v) is 45.3. The van der Waals surface area contributed by atoms with E-state index in [0.717, 1.165) is 68.3 Å². The van der Waals surface area contributed by atoms with Crippen LogP contribution in [-0.2, 0) is 29.4 Å². The second-order valence-corrected chi connectivity index (χ2v) is 27.1. The number of carbonyl (C=O) groups is 3. The summed E-state index contributed by atoms with van der Waals surface area (Å²) in [4.78, 5) is 44.8. The van der Waals surface area contributed by atoms with E-state index < -0.39 is 52.8 Å². The lowest BCUT2D eigenvalue weighted by Crippen LogP contribution is -2.61. The van der Waals surface area contributed by atoms with Gasteiger partial charge >= 0.3 is 5.51 Å². The molecular formula is C54H72F3N7O7S3. The van der Waals surface area contributed by atoms with Gasteiger partial charge in [0.15, 0.2) is 0 Å². The van der Waals surface area contributed by atoms with Gasteiger partial charge in [-0.05, 0) is 129 Å². The number of sulfonamides is 1. The van der Waals surface area contributed by atoms with Gasteiger partial charge in [-0.25, -0.2) is 21.6 Å². The predicted octanol–water partition coefficient (Wildman–Crippen LogP) is 8.46. The lowest BCUT2D eigenvalue weighted by atomic mass is 9.33. The number of nitrogens with two attached hydrogens (primary N) is 1. The van der Waals surface area contributed by atoms with E-state index >= 15 is 0 Å². The van der Waals surface area contributed by atoms with E-state index in [0.29, 0.717) is 86.5 Å². The second-order valence-electron chi connectivity index (χ2n) is 22.4. The van der Waals surface area contributed by atoms with Crippen molar-refractivity contribution in [3.8, 4) is 0 Å². The maximum absolute atomic E-state index is 14.4. The van der Waals surface area contributed by atoms with Crippen LogP contribution in [0.2, 0.25) is 0 Å². The van der Waals surface area contributed by atoms with Gasteiger partial charge in [-0.1, -0.05) is 56.5 Å². The molecule has 6 aliphatic rings. The topological polar surface area (TPSA) is 183 Å². The molecule has 9 rings (SSSR count). The van der Waals surface area contributed by atoms with Gasteiger partial charge < -0.3 is 20.9 Å². The number of primary amides is 1. The van der Waals surface area contributed by atoms with Gasteiger partial charge in [0.25, 0.3) is 25.8 Å². The first kappa shape index (κ1) is 55.6. The first-order valence-electron chi connectivity index (χ1n) is 26.0. The van der Waals surface area contributed by atoms with Crippen molar-refractivity contribution in [1.82, 2.24) is 19.4 Å². The smallest absolute Gasteiger partial charge is 0.380 e. The highest BCUT2D eigenvalue weighted by Gasteiger charge is 2.67. The number of sulfone groups is 1. The normalized spacial score (nSPS) is 22.9. The fraction of sp³-hybridized carbons (Fsp3) is 0.574. The molecule has 74 heavy (non-hydrogen) atoms. The summed E-state index contributed by atoms with van der Waals surface area (Å²) in [6.07, 6.45) is 10.6. The molecule has 0 radical (unpaired) electrons. The number of alkyl halides is 3. The molecule has 3 aromatic rings. The number of amides is 3. The SMILES string of the molecule is CC1(C)CCC(CN2CCN(c3ccc(C(=O)NS(=O)(=O)c4ccc(N[C@H](CCN5CCN(C(=O)CCCCCC(N)=O)CC5)CSc5ccccc5)c(S(=O)(=O)C(F)(F)F)c4)cc3)CC2)=C(C23CC(C)(C2)C3)C1. The number of nitrogens with one attached hydrogen (secondary N) is 2. The van der Waals surface area contributed by atoms with Crippen molar-refractivity contribution in [1.29, 1.82) is 0 Å². The summed E-state index contributed by atoms with van der Waals surface area (Å²) in [7, 11) is -11.0. The minimum absolute atomic E-state index is 0.0000194. The van der Waals surface area contributed by atoms with Gasteiger partial charge in [-0.3, -0.25) is 24.2 Å². The Morgan fingerprint density at radius 1 is 0.797 bits per heavy atom. The van der Waals surface area contributed by atoms with E-state index in [4.69, 9.17) is 5.73 Å². The Kier molecular flexibility index (Phi) is 16.9. The molecule has 3 saturated carbocycles. The molecule has 2 aliphatic heterocycles. The summed E-state index contributed by atoms with van der Waals surface area (Å²) in [5, 5.41) is 3.01. The number of nitrogens with zero attached hydrogens (tertiary/aromatic N) is 4. The Bertz CT molecular complexity index is 2760. The number of hydrogen-bond acceptors (Lipinski definition) is 12. The van der Waals surface area contributed by atoms with Crippen molar-refractivity contribution < 1.29 is 44.4 Å². The van der Waals surface area contributed by atoms with E-state index in [1.54, 1.807) is 28.2 Å². The minimum atomic E-state index is -6.11. The number of allylic oxidation sites excluding steroid dienone is 1. The van der Waals surface area contributed by atoms with E-state index in [-0.39, 0.29) is 23.8 Å². The molecule has 2 bridgehead atoms. The average molecular weight is 1080 g/mol. The number of thioether (sulfide) groups is 1. The molecule has 3 aromatic carbocycles. The molecule has 3 amide bonds. The van der Waals surface area contributed by atoms with Crippen molar-refractivity contribution in [3.05, 3.63) is 89.5 Å². The van der Waals surface area contributed by atoms with E-state index in [9.17, 15) is 44.4 Å². The maximum atomic E-state index is 14.4. The van der Waals surface area contributed by atoms with Crippen LogP contribution < -0.4 is 20.7 Å². The molecule has 4 N–H and O–H groups in total. The highest BCUT2D eigenvalue weighted by atomic mass is 32.2. The minimum Gasteiger partial charge on any atom is -0.380 e. The van der Waals surface area contributed by atoms with Crippen LogP contribution in [0, 0.1) is 16.2 Å². The van der Waals surface area contributed by atoms with Crippen LogP contribution >= 0.6 is 11.8 Å². The van der Waals surface area contributed by atoms with Crippen molar-refractivity contribution >= 4 is 60.7 Å². The molecular weight excluding hydrogens is 1010 g/mol. The standard InChI is InChI=1S/C54H72F3N7O7S3/c1-51(2)22-20-40(45(33-51)53-36-52(3,37-53)38-53)34-62-26-28-63(29-27-62)42-16-14-39(15-17-42)50(67)60-74(70,71)44-18-19-46(47(32-44)73(68,69)54(55,56)57)59-41(35-72-43-10-6-4-7-11-43)21-23-61-24-30-64(31-25-61)49(66)13-9-5-8-12-48(58)65/h4,6-7,10-11,14-19,32,41,59H,5,8-9,12-13,20-31,33-38H2,1-3H3,(H2,58,65)(H,60,67)/t41-,52?,53?/m1/s1. The third kappa shape index (κ3) is 13.3. The summed E-state index contributed by atoms with van der Waals surface area (Å²) in [6.45, 7) is 14.1. The van der Waals surface area contributed by atoms with Crippen molar-refractivity contribution in [2.75, 3.05) is 81.4 Å². The lowest BCUT2D eigenvalue weighted by Gasteiger charge is -2.72. The molecule has 2 saturated heterocycles. The molecule has 0 spiro atoms. The second kappa shape index (κ2) is 22.5. The Morgan fingerprint density at radius 2 is 1.45 bits per heavy atom. The quantitative estimate of drug-likeness (QED) is 0.0497. The van der Waals surface area contributed by atoms with Crippen LogP contribution in [0.1, 0.15) is 108 Å². The Hall–Kier alpha value is -4.63. The van der Waals surface area contributed by atoms with Crippen molar-refractivity contribution in [2.24, 2.45) is 22.0 Å². The molecule has 0 unspecified atom stereocenters. The molecule has 0 aromatic heterocycles. The average Bonchev–Trinajstić information content (AvgIpc) is 3.34. The first-order chi connectivity index (χ1) is 34.9. The number of rotatable bonds is 22. The third-order valence-electron chi connectivity index (χ3n) is 15.9. The zero-order chi connectivity index (χ0) is 53.1. The van der Waals surface area contributed by atoms with Crippen LogP contribution in [0.4, 0.5) is 24.5 Å². The van der Waals surface area contributed by atoms with Gasteiger partial charge in [-0.2, -0.15) is 13.2 Å². The van der Waals surface area contributed by atoms with Gasteiger partial charge in [0.1, 0.15) is 4.90 Å². The van der Waals surface area contributed by atoms with Crippen LogP contribution in [0.5, 0.6) is 0 Å². The summed E-state index contributed by atoms with van der Waals surface area (Å²) < 4.78 is 98.9. The summed E-state index contributed by atoms with van der Waals surface area (Å²) in [5.74, 6) is -1.06. The molecule has 404 valence electrons. The zero-order valence-electron chi connectivity index (χ0n) is 42.9. The van der Waals surface area contributed by atoms with Gasteiger partial charge in [0.2, 0.25) is 11.8 Å². The van der Waals surface area contributed by atoms with E-state index in [1.807, 2.05) is 35.1 Å². The van der Waals surface area contributed by atoms with Gasteiger partial charge in [0.05, 0.1) is 10.6 Å². The Balaban J connectivity index is 0.894.